The van der Waals surface area contributed by atoms with Crippen LogP contribution in [0.15, 0.2) is 17.1 Å². The molecule has 6 heteroatoms. The first-order chi connectivity index (χ1) is 9.56. The lowest BCUT2D eigenvalue weighted by Gasteiger charge is -2.02. The summed E-state index contributed by atoms with van der Waals surface area (Å²) in [5.41, 5.74) is -0.411. The van der Waals surface area contributed by atoms with Crippen LogP contribution in [0.25, 0.3) is 0 Å². The van der Waals surface area contributed by atoms with Crippen LogP contribution in [-0.4, -0.2) is 36.1 Å². The number of carbonyl (C=O) groups is 1. The van der Waals surface area contributed by atoms with Crippen LogP contribution in [-0.2, 0) is 0 Å². The summed E-state index contributed by atoms with van der Waals surface area (Å²) >= 11 is 0. The Kier molecular flexibility index (Phi) is 13.9. The molecule has 0 radical (unpaired) electrons. The molecule has 0 spiro atoms. The molecule has 1 rings (SSSR count). The first-order valence-electron chi connectivity index (χ1n) is 6.91. The fraction of sp³-hybridized carbons (Fsp3) is 0.571. The van der Waals surface area contributed by atoms with Crippen molar-refractivity contribution in [2.24, 2.45) is 0 Å². The van der Waals surface area contributed by atoms with Crippen LogP contribution in [0.1, 0.15) is 44.6 Å². The number of carbonyl (C=O) groups excluding carboxylic acids is 1. The number of hydrogen-bond donors (Lipinski definition) is 4. The van der Waals surface area contributed by atoms with Gasteiger partial charge in [-0.2, -0.15) is 0 Å². The van der Waals surface area contributed by atoms with Gasteiger partial charge < -0.3 is 20.7 Å². The Morgan fingerprint density at radius 3 is 2.30 bits per heavy atom. The molecule has 0 saturated heterocycles. The van der Waals surface area contributed by atoms with Gasteiger partial charge in [-0.15, -0.1) is 0 Å². The van der Waals surface area contributed by atoms with Gasteiger partial charge in [0.2, 0.25) is 5.43 Å². The molecule has 1 heterocycles. The number of amides is 1. The monoisotopic (exact) mass is 285 g/mol. The van der Waals surface area contributed by atoms with Crippen molar-refractivity contribution >= 4 is 5.91 Å². The second-order valence-electron chi connectivity index (χ2n) is 3.56. The summed E-state index contributed by atoms with van der Waals surface area (Å²) < 4.78 is 0. The fourth-order valence-electron chi connectivity index (χ4n) is 0.929. The highest BCUT2D eigenvalue weighted by atomic mass is 16.3. The van der Waals surface area contributed by atoms with E-state index in [1.165, 1.54) is 0 Å². The average molecular weight is 285 g/mol. The predicted octanol–water partition coefficient (Wildman–Crippen LogP) is 1.47. The van der Waals surface area contributed by atoms with Crippen molar-refractivity contribution in [3.05, 3.63) is 28.2 Å². The molecule has 0 atom stereocenters. The first kappa shape index (κ1) is 20.5. The van der Waals surface area contributed by atoms with Crippen LogP contribution in [0.5, 0.6) is 5.75 Å². The van der Waals surface area contributed by atoms with E-state index < -0.39 is 11.2 Å². The lowest BCUT2D eigenvalue weighted by molar-refractivity contribution is 0.0948. The van der Waals surface area contributed by atoms with E-state index in [4.69, 9.17) is 5.11 Å². The summed E-state index contributed by atoms with van der Waals surface area (Å²) in [4.78, 5) is 24.8. The topological polar surface area (TPSA) is 94.2 Å². The van der Waals surface area contributed by atoms with Gasteiger partial charge in [0.15, 0.2) is 5.75 Å². The van der Waals surface area contributed by atoms with Crippen LogP contribution in [0.4, 0.5) is 0 Å². The summed E-state index contributed by atoms with van der Waals surface area (Å²) in [5.74, 6) is -0.735. The summed E-state index contributed by atoms with van der Waals surface area (Å²) in [6.07, 6.45) is 1.93. The van der Waals surface area contributed by atoms with E-state index >= 15 is 0 Å². The van der Waals surface area contributed by atoms with Gasteiger partial charge >= 0.3 is 0 Å². The molecule has 0 unspecified atom stereocenters. The van der Waals surface area contributed by atoms with E-state index in [0.29, 0.717) is 6.54 Å². The van der Waals surface area contributed by atoms with Crippen LogP contribution < -0.4 is 16.1 Å². The maximum atomic E-state index is 11.3. The molecule has 6 nitrogen and oxygen atoms in total. The molecule has 1 amide bonds. The maximum Gasteiger partial charge on any atom is 0.267 e. The van der Waals surface area contributed by atoms with Gasteiger partial charge in [-0.05, 0) is 20.0 Å². The highest BCUT2D eigenvalue weighted by Gasteiger charge is 2.06. The highest BCUT2D eigenvalue weighted by Crippen LogP contribution is 1.98. The number of hydrogen-bond acceptors (Lipinski definition) is 4. The quantitative estimate of drug-likeness (QED) is 0.674. The third-order valence-corrected chi connectivity index (χ3v) is 2.03. The van der Waals surface area contributed by atoms with E-state index in [2.05, 4.69) is 22.5 Å². The van der Waals surface area contributed by atoms with Crippen molar-refractivity contribution in [2.45, 2.75) is 34.1 Å². The third-order valence-electron chi connectivity index (χ3n) is 2.03. The van der Waals surface area contributed by atoms with Gasteiger partial charge in [0.1, 0.15) is 5.69 Å². The van der Waals surface area contributed by atoms with Crippen molar-refractivity contribution in [2.75, 3.05) is 20.1 Å². The Bertz CT molecular complexity index is 414. The van der Waals surface area contributed by atoms with Gasteiger partial charge in [-0.1, -0.05) is 27.7 Å². The summed E-state index contributed by atoms with van der Waals surface area (Å²) in [6.45, 7) is 9.63. The zero-order valence-electron chi connectivity index (χ0n) is 13.0. The standard InChI is InChI=1S/C9H12N2O3.C3H9N.C2H6/c1-2-3-10-9(14)6-4-7(12)8(13)5-11-6;1-3-4-2;1-2/h4-5,13H,2-3H2,1H3,(H,10,14)(H,11,12);4H,3H2,1-2H3;1-2H3. The zero-order valence-corrected chi connectivity index (χ0v) is 13.0. The Morgan fingerprint density at radius 1 is 1.35 bits per heavy atom. The molecule has 0 aliphatic heterocycles. The normalized spacial score (nSPS) is 8.65. The minimum absolute atomic E-state index is 0.154. The highest BCUT2D eigenvalue weighted by molar-refractivity contribution is 5.92. The Hall–Kier alpha value is -1.82. The van der Waals surface area contributed by atoms with E-state index in [1.807, 2.05) is 27.8 Å². The fourth-order valence-corrected chi connectivity index (χ4v) is 0.929. The Morgan fingerprint density at radius 2 is 1.90 bits per heavy atom. The molecule has 0 saturated carbocycles. The molecule has 0 fully saturated rings. The van der Waals surface area contributed by atoms with E-state index in [9.17, 15) is 9.59 Å². The molecule has 20 heavy (non-hydrogen) atoms. The van der Waals surface area contributed by atoms with Gasteiger partial charge in [0.25, 0.3) is 5.91 Å². The molecule has 0 bridgehead atoms. The number of nitrogens with one attached hydrogen (secondary N) is 3. The third kappa shape index (κ3) is 9.16. The minimum atomic E-state index is -0.564. The second-order valence-corrected chi connectivity index (χ2v) is 3.56. The minimum Gasteiger partial charge on any atom is -0.503 e. The van der Waals surface area contributed by atoms with Gasteiger partial charge in [-0.25, -0.2) is 0 Å². The van der Waals surface area contributed by atoms with Crippen molar-refractivity contribution < 1.29 is 9.90 Å². The molecular weight excluding hydrogens is 258 g/mol. The first-order valence-corrected chi connectivity index (χ1v) is 6.91. The number of pyridine rings is 1. The number of aromatic amines is 1. The van der Waals surface area contributed by atoms with Crippen LogP contribution in [0, 0.1) is 0 Å². The van der Waals surface area contributed by atoms with Crippen LogP contribution in [0.3, 0.4) is 0 Å². The lowest BCUT2D eigenvalue weighted by atomic mass is 10.3. The molecule has 4 N–H and O–H groups in total. The smallest absolute Gasteiger partial charge is 0.267 e. The number of aromatic nitrogens is 1. The van der Waals surface area contributed by atoms with Crippen molar-refractivity contribution in [1.82, 2.24) is 15.6 Å². The summed E-state index contributed by atoms with van der Waals surface area (Å²) in [5, 5.41) is 14.5. The van der Waals surface area contributed by atoms with Crippen molar-refractivity contribution in [3.63, 3.8) is 0 Å². The Labute approximate surface area is 120 Å². The number of aromatic hydroxyl groups is 1. The molecular formula is C14H27N3O3. The van der Waals surface area contributed by atoms with Gasteiger partial charge in [0, 0.05) is 18.8 Å². The number of H-pyrrole nitrogens is 1. The lowest BCUT2D eigenvalue weighted by Crippen LogP contribution is -2.25. The molecule has 1 aromatic rings. The predicted molar refractivity (Wildman–Crippen MR) is 82.3 cm³/mol. The van der Waals surface area contributed by atoms with E-state index in [-0.39, 0.29) is 11.6 Å². The number of rotatable bonds is 4. The SMILES string of the molecule is CC.CCCNC(=O)c1cc(=O)c(O)c[nH]1.CCNC. The second kappa shape index (κ2) is 13.6. The maximum absolute atomic E-state index is 11.3. The molecule has 1 aromatic heterocycles. The van der Waals surface area contributed by atoms with Gasteiger partial charge in [0.05, 0.1) is 0 Å². The summed E-state index contributed by atoms with van der Waals surface area (Å²) in [6, 6.07) is 1.07. The van der Waals surface area contributed by atoms with E-state index in [1.54, 1.807) is 0 Å². The summed E-state index contributed by atoms with van der Waals surface area (Å²) in [7, 11) is 1.93. The van der Waals surface area contributed by atoms with Crippen molar-refractivity contribution in [3.8, 4) is 5.75 Å². The zero-order chi connectivity index (χ0) is 16.0. The van der Waals surface area contributed by atoms with Crippen molar-refractivity contribution in [1.29, 1.82) is 0 Å². The molecule has 116 valence electrons. The molecule has 0 aliphatic rings. The Balaban J connectivity index is 0. The van der Waals surface area contributed by atoms with Crippen LogP contribution in [0.2, 0.25) is 0 Å². The van der Waals surface area contributed by atoms with E-state index in [0.717, 1.165) is 25.2 Å². The van der Waals surface area contributed by atoms with Gasteiger partial charge in [-0.3, -0.25) is 9.59 Å². The molecule has 0 aromatic carbocycles. The largest absolute Gasteiger partial charge is 0.503 e. The van der Waals surface area contributed by atoms with Crippen LogP contribution >= 0.6 is 0 Å². The molecule has 0 aliphatic carbocycles. The average Bonchev–Trinajstić information content (AvgIpc) is 2.49.